The lowest BCUT2D eigenvalue weighted by atomic mass is 9.34. The molecule has 0 radical (unpaired) electrons. The normalized spacial score (nSPS) is 37.0. The minimum atomic E-state index is -0.507. The van der Waals surface area contributed by atoms with Crippen LogP contribution in [0.25, 0.3) is 0 Å². The van der Waals surface area contributed by atoms with Crippen LogP contribution in [0.3, 0.4) is 0 Å². The molecule has 0 amide bonds. The molecule has 3 aliphatic carbocycles. The second-order valence-corrected chi connectivity index (χ2v) is 5.13. The first kappa shape index (κ1) is 9.28. The largest absolute Gasteiger partial charge is 0.396 e. The molecule has 80 valence electrons. The molecule has 4 rings (SSSR count). The van der Waals surface area contributed by atoms with Crippen molar-refractivity contribution in [3.63, 3.8) is 0 Å². The number of halogens is 2. The van der Waals surface area contributed by atoms with E-state index in [-0.39, 0.29) is 17.4 Å². The number of aliphatic hydroxyl groups excluding tert-OH is 1. The second-order valence-electron chi connectivity index (χ2n) is 5.13. The molecular formula is C12H12F2O. The van der Waals surface area contributed by atoms with Crippen molar-refractivity contribution in [2.75, 3.05) is 6.61 Å². The van der Waals surface area contributed by atoms with Crippen LogP contribution in [-0.2, 0) is 5.41 Å². The zero-order chi connectivity index (χ0) is 10.7. The molecule has 0 heterocycles. The van der Waals surface area contributed by atoms with Crippen molar-refractivity contribution in [2.45, 2.75) is 24.7 Å². The maximum Gasteiger partial charge on any atom is 0.126 e. The summed E-state index contributed by atoms with van der Waals surface area (Å²) in [5.41, 5.74) is 0.796. The van der Waals surface area contributed by atoms with Crippen LogP contribution in [0.2, 0.25) is 0 Å². The van der Waals surface area contributed by atoms with Crippen LogP contribution >= 0.6 is 0 Å². The summed E-state index contributed by atoms with van der Waals surface area (Å²) in [6, 6.07) is 3.74. The van der Waals surface area contributed by atoms with Gasteiger partial charge in [0.05, 0.1) is 0 Å². The monoisotopic (exact) mass is 210 g/mol. The molecule has 3 saturated carbocycles. The quantitative estimate of drug-likeness (QED) is 0.794. The van der Waals surface area contributed by atoms with E-state index in [1.807, 2.05) is 0 Å². The van der Waals surface area contributed by atoms with Crippen molar-refractivity contribution >= 4 is 0 Å². The van der Waals surface area contributed by atoms with Crippen molar-refractivity contribution in [3.8, 4) is 0 Å². The molecule has 15 heavy (non-hydrogen) atoms. The zero-order valence-electron chi connectivity index (χ0n) is 8.26. The average Bonchev–Trinajstić information content (AvgIpc) is 1.97. The molecule has 3 aliphatic rings. The van der Waals surface area contributed by atoms with Gasteiger partial charge in [0.25, 0.3) is 0 Å². The van der Waals surface area contributed by atoms with Gasteiger partial charge >= 0.3 is 0 Å². The molecule has 0 unspecified atom stereocenters. The lowest BCUT2D eigenvalue weighted by Gasteiger charge is -2.70. The van der Waals surface area contributed by atoms with Crippen LogP contribution in [0.4, 0.5) is 8.78 Å². The SMILES string of the molecule is OCC12CC(c3cc(F)cc(F)c3)(C1)C2. The molecule has 0 atom stereocenters. The Balaban J connectivity index is 1.90. The summed E-state index contributed by atoms with van der Waals surface area (Å²) in [6.45, 7) is 0.201. The van der Waals surface area contributed by atoms with E-state index in [1.165, 1.54) is 12.1 Å². The summed E-state index contributed by atoms with van der Waals surface area (Å²) in [7, 11) is 0. The molecule has 1 aromatic carbocycles. The van der Waals surface area contributed by atoms with Crippen molar-refractivity contribution in [3.05, 3.63) is 35.4 Å². The summed E-state index contributed by atoms with van der Waals surface area (Å²) in [5.74, 6) is -1.01. The van der Waals surface area contributed by atoms with Crippen LogP contribution < -0.4 is 0 Å². The van der Waals surface area contributed by atoms with Crippen LogP contribution in [0, 0.1) is 17.0 Å². The third kappa shape index (κ3) is 1.10. The molecule has 3 heteroatoms. The number of benzene rings is 1. The van der Waals surface area contributed by atoms with E-state index in [9.17, 15) is 8.78 Å². The van der Waals surface area contributed by atoms with Gasteiger partial charge in [-0.25, -0.2) is 8.78 Å². The number of rotatable bonds is 2. The Morgan fingerprint density at radius 2 is 1.60 bits per heavy atom. The highest BCUT2D eigenvalue weighted by atomic mass is 19.1. The van der Waals surface area contributed by atoms with Gasteiger partial charge in [-0.3, -0.25) is 0 Å². The van der Waals surface area contributed by atoms with Gasteiger partial charge in [-0.05, 0) is 47.8 Å². The molecule has 0 aliphatic heterocycles. The average molecular weight is 210 g/mol. The molecule has 1 N–H and O–H groups in total. The van der Waals surface area contributed by atoms with E-state index in [0.29, 0.717) is 0 Å². The van der Waals surface area contributed by atoms with Crippen molar-refractivity contribution in [1.29, 1.82) is 0 Å². The van der Waals surface area contributed by atoms with Crippen LogP contribution in [-0.4, -0.2) is 11.7 Å². The highest BCUT2D eigenvalue weighted by Gasteiger charge is 2.67. The molecular weight excluding hydrogens is 198 g/mol. The summed E-state index contributed by atoms with van der Waals surface area (Å²) < 4.78 is 26.0. The highest BCUT2D eigenvalue weighted by molar-refractivity contribution is 5.39. The first-order valence-electron chi connectivity index (χ1n) is 5.15. The van der Waals surface area contributed by atoms with Crippen LogP contribution in [0.5, 0.6) is 0 Å². The second kappa shape index (κ2) is 2.59. The third-order valence-corrected chi connectivity index (χ3v) is 3.95. The predicted molar refractivity (Wildman–Crippen MR) is 51.4 cm³/mol. The van der Waals surface area contributed by atoms with Crippen LogP contribution in [0.15, 0.2) is 18.2 Å². The Morgan fingerprint density at radius 1 is 1.07 bits per heavy atom. The molecule has 0 spiro atoms. The van der Waals surface area contributed by atoms with E-state index in [4.69, 9.17) is 5.11 Å². The van der Waals surface area contributed by atoms with Gasteiger partial charge in [-0.15, -0.1) is 0 Å². The molecule has 1 aromatic rings. The maximum atomic E-state index is 13.0. The van der Waals surface area contributed by atoms with Crippen molar-refractivity contribution in [2.24, 2.45) is 5.41 Å². The Bertz CT molecular complexity index is 388. The van der Waals surface area contributed by atoms with Gasteiger partial charge in [0, 0.05) is 12.7 Å². The molecule has 1 nitrogen and oxygen atoms in total. The standard InChI is InChI=1S/C12H12F2O/c13-9-1-8(2-10(14)3-9)12-4-11(5-12,6-12)7-15/h1-3,15H,4-7H2. The Labute approximate surface area is 86.7 Å². The van der Waals surface area contributed by atoms with Gasteiger partial charge in [-0.1, -0.05) is 0 Å². The van der Waals surface area contributed by atoms with Crippen molar-refractivity contribution < 1.29 is 13.9 Å². The van der Waals surface area contributed by atoms with E-state index < -0.39 is 11.6 Å². The summed E-state index contributed by atoms with van der Waals surface area (Å²) in [5, 5.41) is 9.11. The Hall–Kier alpha value is -0.960. The van der Waals surface area contributed by atoms with E-state index >= 15 is 0 Å². The first-order chi connectivity index (χ1) is 7.07. The van der Waals surface area contributed by atoms with Gasteiger partial charge in [0.1, 0.15) is 11.6 Å². The topological polar surface area (TPSA) is 20.2 Å². The smallest absolute Gasteiger partial charge is 0.126 e. The van der Waals surface area contributed by atoms with Gasteiger partial charge in [0.2, 0.25) is 0 Å². The van der Waals surface area contributed by atoms with Gasteiger partial charge in [0.15, 0.2) is 0 Å². The fourth-order valence-electron chi connectivity index (χ4n) is 3.33. The lowest BCUT2D eigenvalue weighted by Crippen LogP contribution is -2.66. The summed E-state index contributed by atoms with van der Waals surface area (Å²) in [6.07, 6.45) is 2.62. The molecule has 0 aromatic heterocycles. The fourth-order valence-corrected chi connectivity index (χ4v) is 3.33. The number of aliphatic hydroxyl groups is 1. The maximum absolute atomic E-state index is 13.0. The predicted octanol–water partition coefficient (Wildman–Crippen LogP) is 2.38. The summed E-state index contributed by atoms with van der Waals surface area (Å²) >= 11 is 0. The van der Waals surface area contributed by atoms with Crippen molar-refractivity contribution in [1.82, 2.24) is 0 Å². The first-order valence-corrected chi connectivity index (χ1v) is 5.15. The minimum absolute atomic E-state index is 0.0360. The van der Waals surface area contributed by atoms with E-state index in [1.54, 1.807) is 0 Å². The Kier molecular flexibility index (Phi) is 1.60. The highest BCUT2D eigenvalue weighted by Crippen LogP contribution is 2.73. The number of hydrogen-bond acceptors (Lipinski definition) is 1. The third-order valence-electron chi connectivity index (χ3n) is 3.95. The Morgan fingerprint density at radius 3 is 2.07 bits per heavy atom. The fraction of sp³-hybridized carbons (Fsp3) is 0.500. The lowest BCUT2D eigenvalue weighted by molar-refractivity contribution is -0.168. The zero-order valence-corrected chi connectivity index (χ0v) is 8.26. The number of hydrogen-bond donors (Lipinski definition) is 1. The van der Waals surface area contributed by atoms with E-state index in [2.05, 4.69) is 0 Å². The molecule has 3 fully saturated rings. The molecule has 0 saturated heterocycles. The van der Waals surface area contributed by atoms with Crippen LogP contribution in [0.1, 0.15) is 24.8 Å². The minimum Gasteiger partial charge on any atom is -0.396 e. The van der Waals surface area contributed by atoms with E-state index in [0.717, 1.165) is 30.9 Å². The molecule has 2 bridgehead atoms. The van der Waals surface area contributed by atoms with Gasteiger partial charge < -0.3 is 5.11 Å². The van der Waals surface area contributed by atoms with Gasteiger partial charge in [-0.2, -0.15) is 0 Å². The summed E-state index contributed by atoms with van der Waals surface area (Å²) in [4.78, 5) is 0.